The van der Waals surface area contributed by atoms with Crippen molar-refractivity contribution in [2.24, 2.45) is 0 Å². The maximum Gasteiger partial charge on any atom is 1.00 e. The van der Waals surface area contributed by atoms with E-state index in [4.69, 9.17) is 0 Å². The summed E-state index contributed by atoms with van der Waals surface area (Å²) in [5, 5.41) is 1.42. The van der Waals surface area contributed by atoms with Gasteiger partial charge in [0, 0.05) is 0 Å². The molecule has 1 rings (SSSR count). The third kappa shape index (κ3) is 3.78. The number of benzene rings is 1. The molecule has 0 aliphatic carbocycles. The molecule has 0 aliphatic heterocycles. The van der Waals surface area contributed by atoms with E-state index in [-0.39, 0.29) is 26.8 Å². The van der Waals surface area contributed by atoms with Gasteiger partial charge in [0.15, 0.2) is 0 Å². The van der Waals surface area contributed by atoms with Crippen molar-refractivity contribution in [3.05, 3.63) is 30.3 Å². The van der Waals surface area contributed by atoms with Gasteiger partial charge in [-0.2, -0.15) is 30.3 Å². The maximum absolute atomic E-state index is 3.36. The third-order valence-electron chi connectivity index (χ3n) is 2.08. The SMILES string of the molecule is CC(C)P(c1[c-]cccc1)C(C)C.[Li+]. The molecule has 1 aromatic carbocycles. The van der Waals surface area contributed by atoms with Gasteiger partial charge in [-0.15, -0.1) is 5.30 Å². The van der Waals surface area contributed by atoms with Crippen LogP contribution >= 0.6 is 7.92 Å². The first-order chi connectivity index (χ1) is 6.13. The van der Waals surface area contributed by atoms with Crippen LogP contribution < -0.4 is 24.2 Å². The van der Waals surface area contributed by atoms with Crippen LogP contribution in [-0.4, -0.2) is 11.3 Å². The quantitative estimate of drug-likeness (QED) is 0.377. The predicted octanol–water partition coefficient (Wildman–Crippen LogP) is 0.415. The zero-order valence-corrected chi connectivity index (χ0v) is 10.8. The van der Waals surface area contributed by atoms with Crippen molar-refractivity contribution in [2.75, 3.05) is 0 Å². The predicted molar refractivity (Wildman–Crippen MR) is 62.1 cm³/mol. The zero-order chi connectivity index (χ0) is 9.84. The minimum Gasteiger partial charge on any atom is -0.176 e. The molecule has 0 saturated heterocycles. The van der Waals surface area contributed by atoms with Crippen molar-refractivity contribution in [3.63, 3.8) is 0 Å². The smallest absolute Gasteiger partial charge is 0.176 e. The van der Waals surface area contributed by atoms with Crippen LogP contribution in [0.2, 0.25) is 0 Å². The van der Waals surface area contributed by atoms with Crippen LogP contribution in [0.3, 0.4) is 0 Å². The first-order valence-electron chi connectivity index (χ1n) is 4.88. The van der Waals surface area contributed by atoms with Crippen molar-refractivity contribution >= 4 is 13.2 Å². The van der Waals surface area contributed by atoms with Crippen molar-refractivity contribution < 1.29 is 18.9 Å². The molecule has 2 heteroatoms. The second-order valence-corrected chi connectivity index (χ2v) is 7.20. The van der Waals surface area contributed by atoms with Gasteiger partial charge in [0.25, 0.3) is 0 Å². The van der Waals surface area contributed by atoms with Gasteiger partial charge >= 0.3 is 18.9 Å². The summed E-state index contributed by atoms with van der Waals surface area (Å²) in [6.45, 7) is 9.25. The molecule has 0 aliphatic rings. The Morgan fingerprint density at radius 2 is 1.64 bits per heavy atom. The molecule has 1 aromatic rings. The summed E-state index contributed by atoms with van der Waals surface area (Å²) in [5.74, 6) is 0. The van der Waals surface area contributed by atoms with E-state index in [0.29, 0.717) is 0 Å². The summed E-state index contributed by atoms with van der Waals surface area (Å²) in [4.78, 5) is 0. The number of rotatable bonds is 3. The van der Waals surface area contributed by atoms with Crippen LogP contribution in [0.1, 0.15) is 27.7 Å². The normalized spacial score (nSPS) is 10.8. The van der Waals surface area contributed by atoms with Crippen molar-refractivity contribution in [1.82, 2.24) is 0 Å². The largest absolute Gasteiger partial charge is 1.00 e. The zero-order valence-electron chi connectivity index (χ0n) is 9.91. The fourth-order valence-electron chi connectivity index (χ4n) is 1.70. The molecule has 0 amide bonds. The van der Waals surface area contributed by atoms with Crippen LogP contribution in [0.15, 0.2) is 24.3 Å². The number of hydrogen-bond acceptors (Lipinski definition) is 0. The summed E-state index contributed by atoms with van der Waals surface area (Å²) < 4.78 is 0. The molecule has 0 N–H and O–H groups in total. The van der Waals surface area contributed by atoms with E-state index in [1.165, 1.54) is 5.30 Å². The molecular formula is C12H18LiP. The van der Waals surface area contributed by atoms with E-state index in [0.717, 1.165) is 11.3 Å². The van der Waals surface area contributed by atoms with Gasteiger partial charge in [-0.3, -0.25) is 0 Å². The fourth-order valence-corrected chi connectivity index (χ4v) is 4.48. The van der Waals surface area contributed by atoms with E-state index in [2.05, 4.69) is 45.9 Å². The van der Waals surface area contributed by atoms with Crippen LogP contribution in [0.5, 0.6) is 0 Å². The molecule has 0 radical (unpaired) electrons. The first kappa shape index (κ1) is 14.2. The molecule has 0 saturated carbocycles. The average molecular weight is 200 g/mol. The number of hydrogen-bond donors (Lipinski definition) is 0. The van der Waals surface area contributed by atoms with E-state index >= 15 is 0 Å². The minimum absolute atomic E-state index is 0. The molecule has 14 heavy (non-hydrogen) atoms. The summed E-state index contributed by atoms with van der Waals surface area (Å²) in [6.07, 6.45) is 0. The Kier molecular flexibility index (Phi) is 6.80. The standard InChI is InChI=1S/C12H18P.Li/c1-10(2)13(11(3)4)12-8-6-5-7-9-12;/h5-8,10-11H,1-4H3;/q-1;+1. The van der Waals surface area contributed by atoms with Crippen molar-refractivity contribution in [2.45, 2.75) is 39.0 Å². The first-order valence-corrected chi connectivity index (χ1v) is 6.36. The minimum atomic E-state index is -0.0293. The van der Waals surface area contributed by atoms with Crippen LogP contribution in [0, 0.1) is 6.07 Å². The Balaban J connectivity index is 0.00000169. The molecular weight excluding hydrogens is 182 g/mol. The summed E-state index contributed by atoms with van der Waals surface area (Å²) >= 11 is 0. The second-order valence-electron chi connectivity index (χ2n) is 3.84. The van der Waals surface area contributed by atoms with Gasteiger partial charge in [0.1, 0.15) is 0 Å². The molecule has 0 fully saturated rings. The Labute approximate surface area is 101 Å². The van der Waals surface area contributed by atoms with Gasteiger partial charge < -0.3 is 0 Å². The summed E-state index contributed by atoms with van der Waals surface area (Å²) in [5.41, 5.74) is 1.52. The van der Waals surface area contributed by atoms with Crippen molar-refractivity contribution in [1.29, 1.82) is 0 Å². The van der Waals surface area contributed by atoms with E-state index < -0.39 is 0 Å². The van der Waals surface area contributed by atoms with E-state index in [1.54, 1.807) is 0 Å². The van der Waals surface area contributed by atoms with E-state index in [9.17, 15) is 0 Å². The summed E-state index contributed by atoms with van der Waals surface area (Å²) in [6, 6.07) is 11.8. The Bertz CT molecular complexity index is 236. The molecule has 0 atom stereocenters. The van der Waals surface area contributed by atoms with Crippen LogP contribution in [0.25, 0.3) is 0 Å². The second kappa shape index (κ2) is 6.68. The molecule has 0 spiro atoms. The topological polar surface area (TPSA) is 0 Å². The molecule has 0 unspecified atom stereocenters. The fraction of sp³-hybridized carbons (Fsp3) is 0.500. The van der Waals surface area contributed by atoms with Crippen LogP contribution in [-0.2, 0) is 0 Å². The van der Waals surface area contributed by atoms with Gasteiger partial charge in [-0.25, -0.2) is 0 Å². The monoisotopic (exact) mass is 200 g/mol. The molecule has 0 aromatic heterocycles. The Hall–Kier alpha value is 0.247. The van der Waals surface area contributed by atoms with E-state index in [1.807, 2.05) is 12.1 Å². The molecule has 0 heterocycles. The molecule has 72 valence electrons. The molecule has 0 nitrogen and oxygen atoms in total. The average Bonchev–Trinajstić information content (AvgIpc) is 2.04. The Morgan fingerprint density at radius 3 is 2.00 bits per heavy atom. The van der Waals surface area contributed by atoms with Crippen LogP contribution in [0.4, 0.5) is 0 Å². The van der Waals surface area contributed by atoms with Gasteiger partial charge in [-0.1, -0.05) is 35.6 Å². The van der Waals surface area contributed by atoms with Gasteiger partial charge in [-0.05, 0) is 11.3 Å². The summed E-state index contributed by atoms with van der Waals surface area (Å²) in [7, 11) is -0.0293. The Morgan fingerprint density at radius 1 is 1.07 bits per heavy atom. The maximum atomic E-state index is 3.36. The third-order valence-corrected chi connectivity index (χ3v) is 5.14. The molecule has 0 bridgehead atoms. The van der Waals surface area contributed by atoms with Gasteiger partial charge in [0.05, 0.1) is 0 Å². The van der Waals surface area contributed by atoms with Crippen molar-refractivity contribution in [3.8, 4) is 0 Å². The van der Waals surface area contributed by atoms with Gasteiger partial charge in [0.2, 0.25) is 0 Å².